The lowest BCUT2D eigenvalue weighted by molar-refractivity contribution is -0.251. The van der Waals surface area contributed by atoms with Gasteiger partial charge in [-0.05, 0) is 73.8 Å². The first-order chi connectivity index (χ1) is 21.2. The standard InChI is InChI=1S/C36H66O8Si2/c1-23-15-17-27(29-19-25(21-31(37-9)39-29)43-45(11,12)35(3,4)5)41-33(23)34-24(2)16-18-28(42-34)30-20-26(22-32(38-10)40-30)44-46(13,14)36(6,7)8/h21-24,27-34H,15-20H2,1-14H3/t23-,24-,27+,28+,29+,30+,31?,32?,33-,34-/m0/s1. The molecule has 4 aliphatic heterocycles. The van der Waals surface area contributed by atoms with Crippen molar-refractivity contribution in [3.8, 4) is 0 Å². The first-order valence-electron chi connectivity index (χ1n) is 17.7. The summed E-state index contributed by atoms with van der Waals surface area (Å²) in [7, 11) is -0.628. The lowest BCUT2D eigenvalue weighted by Gasteiger charge is -2.48. The first-order valence-corrected chi connectivity index (χ1v) is 23.5. The van der Waals surface area contributed by atoms with Crippen molar-refractivity contribution in [2.75, 3.05) is 14.2 Å². The van der Waals surface area contributed by atoms with Gasteiger partial charge in [0.1, 0.15) is 0 Å². The quantitative estimate of drug-likeness (QED) is 0.224. The summed E-state index contributed by atoms with van der Waals surface area (Å²) in [6, 6.07) is 0. The molecule has 0 radical (unpaired) electrons. The van der Waals surface area contributed by atoms with Gasteiger partial charge in [-0.25, -0.2) is 0 Å². The molecule has 0 saturated carbocycles. The van der Waals surface area contributed by atoms with Crippen LogP contribution in [-0.4, -0.2) is 80.1 Å². The minimum absolute atomic E-state index is 0.0304. The Morgan fingerprint density at radius 3 is 1.22 bits per heavy atom. The Morgan fingerprint density at radius 1 is 0.565 bits per heavy atom. The first kappa shape index (κ1) is 38.1. The molecule has 0 aromatic carbocycles. The fourth-order valence-corrected chi connectivity index (χ4v) is 8.72. The van der Waals surface area contributed by atoms with E-state index in [1.807, 2.05) is 12.2 Å². The van der Waals surface area contributed by atoms with E-state index in [1.54, 1.807) is 14.2 Å². The maximum atomic E-state index is 7.02. The van der Waals surface area contributed by atoms with Crippen LogP contribution in [0.3, 0.4) is 0 Å². The van der Waals surface area contributed by atoms with Gasteiger partial charge in [0, 0.05) is 39.2 Å². The molecule has 266 valence electrons. The molecular weight excluding hydrogens is 617 g/mol. The largest absolute Gasteiger partial charge is 0.546 e. The van der Waals surface area contributed by atoms with E-state index >= 15 is 0 Å². The van der Waals surface area contributed by atoms with E-state index in [0.29, 0.717) is 24.7 Å². The molecule has 0 amide bonds. The molecule has 0 aliphatic carbocycles. The minimum atomic E-state index is -2.01. The average Bonchev–Trinajstić information content (AvgIpc) is 2.95. The summed E-state index contributed by atoms with van der Waals surface area (Å²) in [4.78, 5) is 0. The molecule has 0 aromatic rings. The van der Waals surface area contributed by atoms with Crippen molar-refractivity contribution in [1.82, 2.24) is 0 Å². The number of hydrogen-bond acceptors (Lipinski definition) is 8. The van der Waals surface area contributed by atoms with Crippen LogP contribution in [0.15, 0.2) is 23.7 Å². The zero-order chi connectivity index (χ0) is 34.2. The Bertz CT molecular complexity index is 993. The fraction of sp³-hybridized carbons (Fsp3) is 0.889. The summed E-state index contributed by atoms with van der Waals surface area (Å²) >= 11 is 0. The van der Waals surface area contributed by atoms with Crippen LogP contribution in [0.25, 0.3) is 0 Å². The molecule has 4 aliphatic rings. The topological polar surface area (TPSA) is 73.8 Å². The van der Waals surface area contributed by atoms with Crippen molar-refractivity contribution < 1.29 is 37.3 Å². The summed E-state index contributed by atoms with van der Waals surface area (Å²) in [5.74, 6) is 2.70. The number of rotatable bonds is 9. The molecule has 0 bridgehead atoms. The molecular formula is C36H66O8Si2. The van der Waals surface area contributed by atoms with Gasteiger partial charge in [-0.2, -0.15) is 0 Å². The highest BCUT2D eigenvalue weighted by atomic mass is 28.4. The molecule has 8 nitrogen and oxygen atoms in total. The third-order valence-electron chi connectivity index (χ3n) is 11.7. The smallest absolute Gasteiger partial charge is 0.250 e. The zero-order valence-corrected chi connectivity index (χ0v) is 33.4. The molecule has 0 N–H and O–H groups in total. The highest BCUT2D eigenvalue weighted by molar-refractivity contribution is 6.74. The van der Waals surface area contributed by atoms with Crippen molar-refractivity contribution in [3.05, 3.63) is 23.7 Å². The van der Waals surface area contributed by atoms with Crippen LogP contribution in [0.5, 0.6) is 0 Å². The van der Waals surface area contributed by atoms with Crippen molar-refractivity contribution in [1.29, 1.82) is 0 Å². The molecule has 0 aromatic heterocycles. The van der Waals surface area contributed by atoms with Gasteiger partial charge in [-0.15, -0.1) is 0 Å². The summed E-state index contributed by atoms with van der Waals surface area (Å²) < 4.78 is 51.8. The van der Waals surface area contributed by atoms with Gasteiger partial charge in [-0.1, -0.05) is 55.4 Å². The molecule has 2 unspecified atom stereocenters. The number of ether oxygens (including phenoxy) is 6. The van der Waals surface area contributed by atoms with Gasteiger partial charge in [-0.3, -0.25) is 0 Å². The highest BCUT2D eigenvalue weighted by Crippen LogP contribution is 2.44. The van der Waals surface area contributed by atoms with Gasteiger partial charge in [0.15, 0.2) is 12.6 Å². The Hall–Kier alpha value is -0.726. The summed E-state index contributed by atoms with van der Waals surface area (Å²) in [6.45, 7) is 27.4. The van der Waals surface area contributed by atoms with E-state index in [1.165, 1.54) is 0 Å². The minimum Gasteiger partial charge on any atom is -0.546 e. The molecule has 0 spiro atoms. The van der Waals surface area contributed by atoms with E-state index < -0.39 is 29.2 Å². The molecule has 2 saturated heterocycles. The van der Waals surface area contributed by atoms with Crippen LogP contribution in [0.2, 0.25) is 36.3 Å². The second-order valence-electron chi connectivity index (χ2n) is 17.3. The Balaban J connectivity index is 1.46. The zero-order valence-electron chi connectivity index (χ0n) is 31.4. The molecule has 2 fully saturated rings. The van der Waals surface area contributed by atoms with E-state index in [2.05, 4.69) is 81.6 Å². The van der Waals surface area contributed by atoms with E-state index in [-0.39, 0.29) is 46.7 Å². The van der Waals surface area contributed by atoms with Gasteiger partial charge in [0.2, 0.25) is 16.6 Å². The van der Waals surface area contributed by atoms with Gasteiger partial charge in [0.05, 0.1) is 48.1 Å². The maximum absolute atomic E-state index is 7.02. The lowest BCUT2D eigenvalue weighted by atomic mass is 9.80. The molecule has 46 heavy (non-hydrogen) atoms. The van der Waals surface area contributed by atoms with Gasteiger partial charge in [0.25, 0.3) is 0 Å². The predicted molar refractivity (Wildman–Crippen MR) is 187 cm³/mol. The highest BCUT2D eigenvalue weighted by Gasteiger charge is 2.47. The van der Waals surface area contributed by atoms with Crippen molar-refractivity contribution in [3.63, 3.8) is 0 Å². The summed E-state index contributed by atoms with van der Waals surface area (Å²) in [5, 5.41) is 0.214. The monoisotopic (exact) mass is 682 g/mol. The van der Waals surface area contributed by atoms with E-state index in [9.17, 15) is 0 Å². The average molecular weight is 683 g/mol. The molecule has 4 rings (SSSR count). The normalized spacial score (nSPS) is 36.9. The van der Waals surface area contributed by atoms with Gasteiger partial charge >= 0.3 is 0 Å². The van der Waals surface area contributed by atoms with Crippen LogP contribution in [0, 0.1) is 11.8 Å². The SMILES string of the molecule is COC1C=C(O[Si](C)(C)C(C)(C)C)C[C@H]([C@H]2CC[C@H](C)[C@@H]([C@H]3O[C@@H]([C@H]4CC(O[Si](C)(C)C(C)(C)C)=CC(OC)O4)CC[C@@H]3C)O2)O1. The third kappa shape index (κ3) is 8.89. The van der Waals surface area contributed by atoms with Crippen molar-refractivity contribution in [2.24, 2.45) is 11.8 Å². The molecule has 10 heteroatoms. The van der Waals surface area contributed by atoms with Crippen LogP contribution in [-0.2, 0) is 37.3 Å². The van der Waals surface area contributed by atoms with Crippen LogP contribution < -0.4 is 0 Å². The molecule has 10 atom stereocenters. The Kier molecular flexibility index (Phi) is 12.1. The second kappa shape index (κ2) is 14.6. The van der Waals surface area contributed by atoms with Gasteiger partial charge < -0.3 is 37.3 Å². The third-order valence-corrected chi connectivity index (χ3v) is 20.4. The van der Waals surface area contributed by atoms with E-state index in [0.717, 1.165) is 37.2 Å². The fourth-order valence-electron chi connectivity index (χ4n) is 6.49. The summed E-state index contributed by atoms with van der Waals surface area (Å²) in [5.41, 5.74) is 0. The Labute approximate surface area is 282 Å². The molecule has 4 heterocycles. The van der Waals surface area contributed by atoms with Crippen LogP contribution in [0.4, 0.5) is 0 Å². The van der Waals surface area contributed by atoms with Crippen LogP contribution >= 0.6 is 0 Å². The van der Waals surface area contributed by atoms with Crippen molar-refractivity contribution in [2.45, 2.75) is 179 Å². The Morgan fingerprint density at radius 2 is 0.913 bits per heavy atom. The second-order valence-corrected chi connectivity index (χ2v) is 26.8. The maximum Gasteiger partial charge on any atom is 0.250 e. The number of hydrogen-bond donors (Lipinski definition) is 0. The van der Waals surface area contributed by atoms with E-state index in [4.69, 9.17) is 37.3 Å². The summed E-state index contributed by atoms with van der Waals surface area (Å²) in [6.07, 6.45) is 8.07. The van der Waals surface area contributed by atoms with Crippen LogP contribution in [0.1, 0.15) is 93.9 Å². The lowest BCUT2D eigenvalue weighted by Crippen LogP contribution is -2.54. The van der Waals surface area contributed by atoms with Crippen molar-refractivity contribution >= 4 is 16.6 Å². The number of methoxy groups -OCH3 is 2. The predicted octanol–water partition coefficient (Wildman–Crippen LogP) is 8.69.